The van der Waals surface area contributed by atoms with Crippen LogP contribution in [0, 0.1) is 27.7 Å². The minimum atomic E-state index is -0.178. The van der Waals surface area contributed by atoms with Crippen molar-refractivity contribution in [3.63, 3.8) is 0 Å². The molecule has 398 valence electrons. The lowest BCUT2D eigenvalue weighted by molar-refractivity contribution is 0.585. The summed E-state index contributed by atoms with van der Waals surface area (Å²) in [6.45, 7) is 18.3. The van der Waals surface area contributed by atoms with Crippen LogP contribution in [0.1, 0.15) is 101 Å². The molecule has 0 bridgehead atoms. The molecule has 11 aromatic carbocycles. The molecular weight excluding hydrogens is 989 g/mol. The number of benzene rings is 11. The summed E-state index contributed by atoms with van der Waals surface area (Å²) in [5.41, 5.74) is 26.6. The minimum absolute atomic E-state index is 0.104. The summed E-state index contributed by atoms with van der Waals surface area (Å²) in [6, 6.07) is 79.9. The van der Waals surface area contributed by atoms with Crippen molar-refractivity contribution in [2.24, 2.45) is 0 Å². The molecule has 1 atom stereocenters. The van der Waals surface area contributed by atoms with E-state index in [1.54, 1.807) is 0 Å². The third-order valence-corrected chi connectivity index (χ3v) is 18.2. The van der Waals surface area contributed by atoms with Gasteiger partial charge in [0.25, 0.3) is 0 Å². The molecule has 0 aromatic heterocycles. The molecule has 0 radical (unpaired) electrons. The van der Waals surface area contributed by atoms with Crippen LogP contribution in [0.25, 0.3) is 73.3 Å². The van der Waals surface area contributed by atoms with E-state index in [-0.39, 0.29) is 16.9 Å². The molecule has 3 aliphatic rings. The number of hydrogen-bond donors (Lipinski definition) is 0. The van der Waals surface area contributed by atoms with Gasteiger partial charge in [0.2, 0.25) is 0 Å². The standard InChI is InChI=1S/C80H68N2/c1-51-15-11-19-59(41-51)81(60-20-12-16-52(2)42-60)63-33-39-71-69-37-31-57(47-75(69)79(5,6)77(71)49-63)27-25-55-29-35-67-68-36-30-56(46-74(68)66-24-10-9-23-65(66)73(67)45-55)26-28-58-32-38-70-72-40-34-64(50-78(72)80(7,8)76(70)48-58)82(61-21-13-17-53(3)43-61)62-22-14-18-54(4)44-62/h9-49,64H,50H2,1-8H3/b27-25+,28-26+. The maximum atomic E-state index is 2.54. The molecule has 82 heavy (non-hydrogen) atoms. The number of anilines is 5. The lowest BCUT2D eigenvalue weighted by Gasteiger charge is -2.37. The van der Waals surface area contributed by atoms with Gasteiger partial charge in [-0.2, -0.15) is 0 Å². The van der Waals surface area contributed by atoms with Crippen LogP contribution >= 0.6 is 0 Å². The van der Waals surface area contributed by atoms with Crippen molar-refractivity contribution in [1.29, 1.82) is 0 Å². The van der Waals surface area contributed by atoms with E-state index < -0.39 is 0 Å². The average Bonchev–Trinajstić information content (AvgIpc) is 3.46. The normalized spacial score (nSPS) is 15.6. The number of aryl methyl sites for hydroxylation is 4. The van der Waals surface area contributed by atoms with Gasteiger partial charge in [0.05, 0.1) is 6.04 Å². The van der Waals surface area contributed by atoms with E-state index in [9.17, 15) is 0 Å². The van der Waals surface area contributed by atoms with Crippen molar-refractivity contribution in [2.45, 2.75) is 78.7 Å². The summed E-state index contributed by atoms with van der Waals surface area (Å²) in [4.78, 5) is 4.94. The topological polar surface area (TPSA) is 6.48 Å². The van der Waals surface area contributed by atoms with Gasteiger partial charge in [-0.1, -0.05) is 204 Å². The van der Waals surface area contributed by atoms with Gasteiger partial charge in [0.1, 0.15) is 0 Å². The first-order valence-corrected chi connectivity index (χ1v) is 29.2. The van der Waals surface area contributed by atoms with E-state index in [2.05, 4.69) is 314 Å². The van der Waals surface area contributed by atoms with Crippen molar-refractivity contribution >= 4 is 90.6 Å². The van der Waals surface area contributed by atoms with Crippen LogP contribution in [0.4, 0.5) is 28.4 Å². The number of nitrogens with zero attached hydrogens (tertiary/aromatic N) is 2. The first kappa shape index (κ1) is 50.9. The van der Waals surface area contributed by atoms with Gasteiger partial charge in [-0.25, -0.2) is 0 Å². The fourth-order valence-electron chi connectivity index (χ4n) is 13.9. The molecule has 0 saturated heterocycles. The summed E-state index contributed by atoms with van der Waals surface area (Å²) in [5, 5.41) is 7.65. The lowest BCUT2D eigenvalue weighted by Crippen LogP contribution is -2.33. The van der Waals surface area contributed by atoms with E-state index in [1.807, 2.05) is 0 Å². The Bertz CT molecular complexity index is 4440. The van der Waals surface area contributed by atoms with Crippen molar-refractivity contribution in [2.75, 3.05) is 9.80 Å². The molecule has 0 heterocycles. The van der Waals surface area contributed by atoms with Gasteiger partial charge >= 0.3 is 0 Å². The summed E-state index contributed by atoms with van der Waals surface area (Å²) < 4.78 is 0. The van der Waals surface area contributed by atoms with Crippen LogP contribution in [0.2, 0.25) is 0 Å². The largest absolute Gasteiger partial charge is 0.334 e. The number of hydrogen-bond acceptors (Lipinski definition) is 2. The molecule has 14 rings (SSSR count). The van der Waals surface area contributed by atoms with E-state index in [4.69, 9.17) is 0 Å². The fourth-order valence-corrected chi connectivity index (χ4v) is 13.9. The summed E-state index contributed by atoms with van der Waals surface area (Å²) >= 11 is 0. The summed E-state index contributed by atoms with van der Waals surface area (Å²) in [7, 11) is 0. The van der Waals surface area contributed by atoms with Crippen LogP contribution in [-0.4, -0.2) is 6.04 Å². The molecular formula is C80H68N2. The van der Waals surface area contributed by atoms with Crippen molar-refractivity contribution in [1.82, 2.24) is 0 Å². The molecule has 0 aliphatic heterocycles. The highest BCUT2D eigenvalue weighted by Crippen LogP contribution is 2.53. The van der Waals surface area contributed by atoms with Gasteiger partial charge in [-0.3, -0.25) is 0 Å². The van der Waals surface area contributed by atoms with Crippen molar-refractivity contribution in [3.05, 3.63) is 297 Å². The fraction of sp³-hybridized carbons (Fsp3) is 0.150. The third-order valence-electron chi connectivity index (χ3n) is 18.2. The van der Waals surface area contributed by atoms with Crippen LogP contribution < -0.4 is 9.80 Å². The van der Waals surface area contributed by atoms with Gasteiger partial charge < -0.3 is 9.80 Å². The maximum Gasteiger partial charge on any atom is 0.0563 e. The van der Waals surface area contributed by atoms with E-state index >= 15 is 0 Å². The highest BCUT2D eigenvalue weighted by molar-refractivity contribution is 6.26. The Kier molecular flexibility index (Phi) is 12.3. The Morgan fingerprint density at radius 2 is 0.756 bits per heavy atom. The Morgan fingerprint density at radius 3 is 1.27 bits per heavy atom. The number of allylic oxidation sites excluding steroid dienone is 2. The van der Waals surface area contributed by atoms with Gasteiger partial charge in [-0.15, -0.1) is 0 Å². The zero-order valence-corrected chi connectivity index (χ0v) is 48.4. The highest BCUT2D eigenvalue weighted by Gasteiger charge is 2.41. The summed E-state index contributed by atoms with van der Waals surface area (Å²) in [6.07, 6.45) is 15.0. The molecule has 2 heteroatoms. The van der Waals surface area contributed by atoms with Gasteiger partial charge in [0, 0.05) is 39.3 Å². The molecule has 0 amide bonds. The van der Waals surface area contributed by atoms with E-state index in [1.165, 1.54) is 150 Å². The Hall–Kier alpha value is -9.24. The third kappa shape index (κ3) is 8.80. The van der Waals surface area contributed by atoms with Crippen LogP contribution in [0.3, 0.4) is 0 Å². The van der Waals surface area contributed by atoms with Gasteiger partial charge in [0.15, 0.2) is 0 Å². The second-order valence-electron chi connectivity index (χ2n) is 24.5. The molecule has 2 nitrogen and oxygen atoms in total. The number of rotatable bonds is 10. The monoisotopic (exact) mass is 1060 g/mol. The smallest absolute Gasteiger partial charge is 0.0563 e. The van der Waals surface area contributed by atoms with Crippen LogP contribution in [0.15, 0.2) is 230 Å². The second-order valence-corrected chi connectivity index (χ2v) is 24.5. The predicted molar refractivity (Wildman–Crippen MR) is 353 cm³/mol. The van der Waals surface area contributed by atoms with Crippen molar-refractivity contribution < 1.29 is 0 Å². The predicted octanol–water partition coefficient (Wildman–Crippen LogP) is 21.7. The summed E-state index contributed by atoms with van der Waals surface area (Å²) in [5.74, 6) is 0. The zero-order valence-electron chi connectivity index (χ0n) is 48.4. The lowest BCUT2D eigenvalue weighted by atomic mass is 9.77. The average molecular weight is 1060 g/mol. The molecule has 0 saturated carbocycles. The molecule has 11 aromatic rings. The number of fused-ring (bicyclic) bond motifs is 11. The maximum absolute atomic E-state index is 2.54. The molecule has 0 spiro atoms. The molecule has 0 fully saturated rings. The Balaban J connectivity index is 0.720. The first-order chi connectivity index (χ1) is 39.7. The quantitative estimate of drug-likeness (QED) is 0.0995. The molecule has 1 unspecified atom stereocenters. The van der Waals surface area contributed by atoms with Gasteiger partial charge in [-0.05, 0) is 228 Å². The van der Waals surface area contributed by atoms with Crippen LogP contribution in [0.5, 0.6) is 0 Å². The second kappa shape index (κ2) is 19.8. The first-order valence-electron chi connectivity index (χ1n) is 29.2. The highest BCUT2D eigenvalue weighted by atomic mass is 15.2. The van der Waals surface area contributed by atoms with E-state index in [0.717, 1.165) is 6.42 Å². The van der Waals surface area contributed by atoms with Crippen LogP contribution in [-0.2, 0) is 10.8 Å². The zero-order chi connectivity index (χ0) is 56.0. The SMILES string of the molecule is Cc1cccc(N(c2cccc(C)c2)c2ccc3c(c2)C(C)(C)c2cc(/C=C/c4ccc5c6ccc(/C=C/c7ccc8c(c7)C(C)(C)C7=C8C=CC(N(c8cccc(C)c8)c8cccc(C)c8)C7)cc6c6ccccc6c5c4)ccc2-3)c1. The molecule has 3 aliphatic carbocycles. The van der Waals surface area contributed by atoms with Crippen molar-refractivity contribution in [3.8, 4) is 11.1 Å². The van der Waals surface area contributed by atoms with E-state index in [0.29, 0.717) is 0 Å². The Labute approximate surface area is 484 Å². The Morgan fingerprint density at radius 1 is 0.354 bits per heavy atom. The minimum Gasteiger partial charge on any atom is -0.334 e. The molecule has 0 N–H and O–H groups in total.